The number of fused-ring (bicyclic) bond motifs is 5. The molecular formula is C84H115BBrCl9F8N25O18P4. The number of aliphatic hydroxyl groups is 4. The van der Waals surface area contributed by atoms with Crippen LogP contribution in [0.1, 0.15) is 230 Å². The molecule has 10 aromatic rings. The van der Waals surface area contributed by atoms with E-state index in [2.05, 4.69) is 122 Å². The first kappa shape index (κ1) is 123. The van der Waals surface area contributed by atoms with Crippen LogP contribution in [0.2, 0.25) is 33.2 Å². The van der Waals surface area contributed by atoms with Gasteiger partial charge in [-0.15, -0.1) is 25.5 Å². The highest BCUT2D eigenvalue weighted by molar-refractivity contribution is 9.10. The Bertz CT molecular complexity index is 6210. The molecule has 10 aromatic heterocycles. The number of carbonyl (C=O) groups is 1. The van der Waals surface area contributed by atoms with Crippen molar-refractivity contribution in [3.05, 3.63) is 84.8 Å². The average Bonchev–Trinajstić information content (AvgIpc) is 1.58. The van der Waals surface area contributed by atoms with Gasteiger partial charge in [-0.1, -0.05) is 113 Å². The first-order chi connectivity index (χ1) is 71.1. The van der Waals surface area contributed by atoms with E-state index in [4.69, 9.17) is 146 Å². The summed E-state index contributed by atoms with van der Waals surface area (Å²) in [5.74, 6) is -9.69. The molecule has 10 aliphatic rings. The number of nitrogens with one attached hydrogen (secondary N) is 5. The van der Waals surface area contributed by atoms with Gasteiger partial charge in [0.05, 0.1) is 73.5 Å². The zero-order chi connectivity index (χ0) is 110. The van der Waals surface area contributed by atoms with Crippen molar-refractivity contribution < 1.29 is 122 Å². The van der Waals surface area contributed by atoms with E-state index in [0.717, 1.165) is 88.1 Å². The van der Waals surface area contributed by atoms with Gasteiger partial charge < -0.3 is 94.2 Å². The molecule has 20 rings (SSSR count). The van der Waals surface area contributed by atoms with Gasteiger partial charge in [-0.3, -0.25) is 18.3 Å². The number of anilines is 5. The molecule has 43 nitrogen and oxygen atoms in total. The Kier molecular flexibility index (Phi) is 44.8. The van der Waals surface area contributed by atoms with Gasteiger partial charge in [-0.05, 0) is 202 Å². The third-order valence-electron chi connectivity index (χ3n) is 26.6. The maximum Gasteiger partial charge on any atom is 0.351 e. The minimum absolute atomic E-state index is 0.0000845. The molecule has 5 aliphatic carbocycles. The summed E-state index contributed by atoms with van der Waals surface area (Å²) in [6.45, 7) is 11.2. The van der Waals surface area contributed by atoms with E-state index in [1.165, 1.54) is 90.3 Å². The highest BCUT2D eigenvalue weighted by Gasteiger charge is 2.57. The van der Waals surface area contributed by atoms with Crippen LogP contribution < -0.4 is 26.6 Å². The fourth-order valence-corrected chi connectivity index (χ4v) is 31.8. The molecule has 0 aromatic carbocycles. The number of aromatic nitrogens is 20. The summed E-state index contributed by atoms with van der Waals surface area (Å²) in [4.78, 5) is 80.5. The zero-order valence-electron chi connectivity index (χ0n) is 81.5. The van der Waals surface area contributed by atoms with Crippen LogP contribution in [0.3, 0.4) is 0 Å². The Morgan fingerprint density at radius 1 is 0.467 bits per heavy atom. The number of imidazole rings is 5. The second-order valence-corrected chi connectivity index (χ2v) is 54.7. The van der Waals surface area contributed by atoms with E-state index in [-0.39, 0.29) is 79.6 Å². The lowest BCUT2D eigenvalue weighted by Gasteiger charge is -2.24. The number of cyclic esters (lactones) is 1. The van der Waals surface area contributed by atoms with Gasteiger partial charge in [0.2, 0.25) is 38.4 Å². The Morgan fingerprint density at radius 2 is 0.780 bits per heavy atom. The van der Waals surface area contributed by atoms with Gasteiger partial charge in [-0.2, -0.15) is 24.9 Å². The minimum atomic E-state index is -4.84. The van der Waals surface area contributed by atoms with Crippen molar-refractivity contribution in [3.63, 3.8) is 0 Å². The van der Waals surface area contributed by atoms with Crippen LogP contribution >= 0.6 is 146 Å². The van der Waals surface area contributed by atoms with Gasteiger partial charge in [0, 0.05) is 57.1 Å². The number of nitrogens with zero attached hydrogens (tertiary/aromatic N) is 20. The van der Waals surface area contributed by atoms with E-state index in [1.54, 1.807) is 35.3 Å². The summed E-state index contributed by atoms with van der Waals surface area (Å²) in [5.41, 5.74) is 3.52. The van der Waals surface area contributed by atoms with E-state index in [9.17, 15) is 74.6 Å². The molecule has 4 unspecified atom stereocenters. The van der Waals surface area contributed by atoms with Gasteiger partial charge in [0.25, 0.3) is 11.7 Å². The van der Waals surface area contributed by atoms with Crippen molar-refractivity contribution in [1.82, 2.24) is 97.9 Å². The Hall–Kier alpha value is -5.75. The zero-order valence-corrected chi connectivity index (χ0v) is 93.5. The Morgan fingerprint density at radius 3 is 1.09 bits per heavy atom. The van der Waals surface area contributed by atoms with Crippen molar-refractivity contribution in [2.45, 2.75) is 324 Å². The highest BCUT2D eigenvalue weighted by atomic mass is 79.9. The second-order valence-electron chi connectivity index (χ2n) is 37.2. The van der Waals surface area contributed by atoms with Crippen LogP contribution in [0.25, 0.3) is 28.2 Å². The van der Waals surface area contributed by atoms with Crippen molar-refractivity contribution in [2.75, 3.05) is 51.6 Å². The van der Waals surface area contributed by atoms with Crippen LogP contribution in [0.4, 0.5) is 64.5 Å². The molecule has 12 N–H and O–H groups in total. The SMILES string of the molecule is CC[C@H]1OC(=O)[C@@H](F)[C@@H]1C.CC[C@H]1OC(O)(c2cnc3c(NC4CCCC4)nc(Cl)nn23)[C@@H](F)[C@@H]1C.CC[C@H]1OC(c2cnc3c(NC4CCCC4)nc(Cl)nn23)[C@@H](F)[C@@H]1C.C[B]F.Clc1nc(NC2CCCC2)c2ncc(Br)n2n1.FF.O=P(Cl)(Cl)CP(=O)(Cl)Cl.O=P(O)(O)CP(=O)(O)OC[C@H]1O[C@@H](c2cnc3c(NC4CCCC4)nc(Cl)nn23)[C@@H](F)[C@@H]1O.OC[C@H]1OC(c2cnc3c(NC4CCCC4)nc(Cl)nn23)[C@@H](F)[C@@H]1O. The number of esters is 1. The first-order valence-corrected chi connectivity index (χ1v) is 62.0. The van der Waals surface area contributed by atoms with Crippen molar-refractivity contribution in [3.8, 4) is 0 Å². The smallest absolute Gasteiger partial charge is 0.351 e. The van der Waals surface area contributed by atoms with Gasteiger partial charge >= 0.3 is 28.7 Å². The molecule has 0 amide bonds. The molecular weight excluding hydrogens is 2330 g/mol. The molecule has 10 fully saturated rings. The van der Waals surface area contributed by atoms with Crippen molar-refractivity contribution in [1.29, 1.82) is 0 Å². The van der Waals surface area contributed by atoms with Crippen LogP contribution in [0.5, 0.6) is 0 Å². The van der Waals surface area contributed by atoms with E-state index in [0.29, 0.717) is 108 Å². The fraction of sp³-hybridized carbons (Fsp3) is 0.690. The molecule has 0 spiro atoms. The van der Waals surface area contributed by atoms with E-state index >= 15 is 0 Å². The van der Waals surface area contributed by atoms with Crippen molar-refractivity contribution in [2.24, 2.45) is 17.8 Å². The van der Waals surface area contributed by atoms with Gasteiger partial charge in [0.1, 0.15) is 71.2 Å². The lowest BCUT2D eigenvalue weighted by molar-refractivity contribution is -0.227. The summed E-state index contributed by atoms with van der Waals surface area (Å²) in [6, 6.07) is 1.64. The number of alkyl halides is 5. The van der Waals surface area contributed by atoms with Crippen LogP contribution in [0, 0.1) is 17.8 Å². The van der Waals surface area contributed by atoms with Crippen LogP contribution in [0.15, 0.2) is 35.6 Å². The number of rotatable bonds is 25. The molecule has 833 valence electrons. The molecule has 5 aliphatic heterocycles. The third-order valence-corrected chi connectivity index (χ3v) is 37.9. The second kappa shape index (κ2) is 54.7. The van der Waals surface area contributed by atoms with E-state index < -0.39 is 143 Å². The molecule has 150 heavy (non-hydrogen) atoms. The van der Waals surface area contributed by atoms with E-state index in [1.807, 2.05) is 27.7 Å². The molecule has 0 bridgehead atoms. The van der Waals surface area contributed by atoms with Crippen molar-refractivity contribution >= 4 is 217 Å². The molecule has 66 heteroatoms. The lowest BCUT2D eigenvalue weighted by Crippen LogP contribution is -2.37. The Balaban J connectivity index is 0.000000159. The topological polar surface area (TPSA) is 558 Å². The molecule has 15 heterocycles. The van der Waals surface area contributed by atoms with Crippen LogP contribution in [-0.2, 0) is 57.0 Å². The molecule has 1 radical (unpaired) electrons. The predicted octanol–water partition coefficient (Wildman–Crippen LogP) is 19.8. The maximum absolute atomic E-state index is 14.9. The first-order valence-electron chi connectivity index (χ1n) is 48.3. The van der Waals surface area contributed by atoms with Crippen LogP contribution in [-0.4, -0.2) is 275 Å². The highest BCUT2D eigenvalue weighted by Crippen LogP contribution is 2.72. The van der Waals surface area contributed by atoms with Gasteiger partial charge in [-0.25, -0.2) is 74.2 Å². The lowest BCUT2D eigenvalue weighted by atomic mass is 9.95. The minimum Gasteiger partial charge on any atom is -0.460 e. The quantitative estimate of drug-likeness (QED) is 0.0109. The predicted molar refractivity (Wildman–Crippen MR) is 551 cm³/mol. The summed E-state index contributed by atoms with van der Waals surface area (Å²) >= 11 is 53.6. The normalized spacial score (nSPS) is 27.6. The number of aliphatic hydroxyl groups excluding tert-OH is 3. The molecule has 5 saturated carbocycles. The number of halogens is 18. The monoisotopic (exact) mass is 2440 g/mol. The summed E-state index contributed by atoms with van der Waals surface area (Å²) in [6.07, 6.45) is 14.9. The fourth-order valence-electron chi connectivity index (χ4n) is 19.1. The summed E-state index contributed by atoms with van der Waals surface area (Å²) < 4.78 is 181. The largest absolute Gasteiger partial charge is 0.460 e. The molecule has 20 atom stereocenters. The number of hydrogen-bond donors (Lipinski definition) is 12. The van der Waals surface area contributed by atoms with Gasteiger partial charge in [0.15, 0.2) is 81.7 Å². The maximum atomic E-state index is 14.9. The number of ether oxygens (including phenoxy) is 5. The summed E-state index contributed by atoms with van der Waals surface area (Å²) in [5, 5.41) is 77.8. The third kappa shape index (κ3) is 31.3. The number of hydrogen-bond acceptors (Lipinski definition) is 35. The average molecular weight is 2450 g/mol. The summed E-state index contributed by atoms with van der Waals surface area (Å²) in [7, 11) is -9.04. The standard InChI is InChI=1S/C17H23ClFN5O2.C17H23ClFN5O.C16H23ClFN5O8P2.C15H19ClFN5O3.C10H11BrClN5.C7H11FO2.CH3BF.CH2Cl4O2P2.F2/c1-3-11-9(2)13(19)17(25,26-11)12-8-20-15-14(21-10-6-4-5-7-10)22-16(18)23-24(12)15;1-3-12-9(2)13(19)14(25-12)11-8-20-16-15(21-10-6-4-5-7-10)22-17(18)23-24(11)16;17-16-21-14(20-8-3-1-2-4-8)15-19-5-9(23(15)22-16)13-11(18)12(24)10(31-13)6-30-33(28,29)7-32(25,26)27;16-15-20-13(19-7-3-1-2-4-7)14-18-5-8(22(14)21-15)12-10(17)11(24)9(6-23)25-12;11-7-5-13-9-8(14-6-3-1-2-4-6)15-10(12)16-17(7)9;1-3-5-4(2)6(8)7(9)10-5;1-2-3;2-8(3,6)1-9(4,5)7;1-2/h8-11,13,25H,3-7H2,1-2H3,(H,21,22,23);8-10,12-14H,3-7H2,1-2H3,(H,21,22,23);5,8,10-13,24H,1-4,6-7H2,(H,28,29)(H,20,21,22)(H2,25,26,27);5,7,9-12,23-24H,1-4,6H2,(H,19,20,21);5-6H,1-4H2,(H,14,15,16);4-6H,3H2,1-2H3;1H3;1H2;/t9-,11-,13+,17?;9-,12-,13+,14?;10-,11+,12-,13+;9-,10+,11-,12?;;4-,5-,6+;;;/m1111.1.../s1. The Labute approximate surface area is 908 Å². The molecule has 5 saturated heterocycles. The number of carbonyl (C=O) groups excluding carboxylic acids is 1.